The van der Waals surface area contributed by atoms with E-state index in [1.807, 2.05) is 20.8 Å². The predicted molar refractivity (Wildman–Crippen MR) is 74.7 cm³/mol. The Balaban J connectivity index is 2.78. The highest BCUT2D eigenvalue weighted by Gasteiger charge is 2.20. The van der Waals surface area contributed by atoms with Crippen LogP contribution in [0.2, 0.25) is 0 Å². The van der Waals surface area contributed by atoms with Crippen LogP contribution in [0, 0.1) is 10.1 Å². The predicted octanol–water partition coefficient (Wildman–Crippen LogP) is 1.87. The zero-order valence-electron chi connectivity index (χ0n) is 12.0. The molecule has 0 aliphatic heterocycles. The molecule has 1 aromatic heterocycles. The van der Waals surface area contributed by atoms with Gasteiger partial charge in [0.05, 0.1) is 17.2 Å². The Morgan fingerprint density at radius 1 is 1.55 bits per heavy atom. The van der Waals surface area contributed by atoms with Gasteiger partial charge < -0.3 is 15.0 Å². The number of aliphatic hydroxyl groups excluding tert-OH is 1. The Hall–Kier alpha value is -1.89. The lowest BCUT2D eigenvalue weighted by Gasteiger charge is -2.13. The highest BCUT2D eigenvalue weighted by atomic mass is 16.6. The van der Waals surface area contributed by atoms with E-state index in [0.717, 1.165) is 0 Å². The number of nitro groups is 1. The maximum absolute atomic E-state index is 12.0. The number of amides is 1. The third-order valence-electron chi connectivity index (χ3n) is 3.07. The Labute approximate surface area is 117 Å². The van der Waals surface area contributed by atoms with Crippen LogP contribution in [-0.4, -0.2) is 33.2 Å². The van der Waals surface area contributed by atoms with Crippen LogP contribution < -0.4 is 5.32 Å². The van der Waals surface area contributed by atoms with Crippen LogP contribution in [0.5, 0.6) is 0 Å². The summed E-state index contributed by atoms with van der Waals surface area (Å²) in [6.45, 7) is 5.90. The molecule has 20 heavy (non-hydrogen) atoms. The molecule has 0 saturated carbocycles. The van der Waals surface area contributed by atoms with Gasteiger partial charge in [0.2, 0.25) is 0 Å². The number of nitrogens with zero attached hydrogens (tertiary/aromatic N) is 2. The molecule has 7 heteroatoms. The topological polar surface area (TPSA) is 97.4 Å². The van der Waals surface area contributed by atoms with E-state index in [-0.39, 0.29) is 23.3 Å². The summed E-state index contributed by atoms with van der Waals surface area (Å²) >= 11 is 0. The minimum absolute atomic E-state index is 0.0503. The Kier molecular flexibility index (Phi) is 5.69. The first kappa shape index (κ1) is 16.2. The summed E-state index contributed by atoms with van der Waals surface area (Å²) in [6, 6.07) is 1.22. The van der Waals surface area contributed by atoms with E-state index in [1.165, 1.54) is 12.3 Å². The van der Waals surface area contributed by atoms with E-state index in [0.29, 0.717) is 19.4 Å². The molecule has 1 heterocycles. The highest BCUT2D eigenvalue weighted by molar-refractivity contribution is 5.93. The van der Waals surface area contributed by atoms with Crippen LogP contribution in [0.4, 0.5) is 5.69 Å². The van der Waals surface area contributed by atoms with Gasteiger partial charge in [-0.1, -0.05) is 6.92 Å². The molecule has 1 atom stereocenters. The molecule has 2 N–H and O–H groups in total. The lowest BCUT2D eigenvalue weighted by molar-refractivity contribution is -0.384. The Bertz CT molecular complexity index is 482. The van der Waals surface area contributed by atoms with E-state index in [9.17, 15) is 20.0 Å². The second-order valence-corrected chi connectivity index (χ2v) is 4.95. The largest absolute Gasteiger partial charge is 0.393 e. The van der Waals surface area contributed by atoms with E-state index >= 15 is 0 Å². The Morgan fingerprint density at radius 3 is 2.70 bits per heavy atom. The molecule has 1 amide bonds. The number of rotatable bonds is 7. The van der Waals surface area contributed by atoms with Crippen molar-refractivity contribution >= 4 is 11.6 Å². The van der Waals surface area contributed by atoms with E-state index in [1.54, 1.807) is 4.57 Å². The van der Waals surface area contributed by atoms with Gasteiger partial charge in [-0.3, -0.25) is 14.9 Å². The number of carbonyl (C=O) groups is 1. The van der Waals surface area contributed by atoms with E-state index in [4.69, 9.17) is 0 Å². The molecular formula is C13H21N3O4. The zero-order chi connectivity index (χ0) is 15.3. The average molecular weight is 283 g/mol. The smallest absolute Gasteiger partial charge is 0.287 e. The number of aromatic nitrogens is 1. The highest BCUT2D eigenvalue weighted by Crippen LogP contribution is 2.20. The van der Waals surface area contributed by atoms with Gasteiger partial charge in [-0.15, -0.1) is 0 Å². The van der Waals surface area contributed by atoms with Crippen LogP contribution >= 0.6 is 0 Å². The number of aliphatic hydroxyl groups is 1. The quantitative estimate of drug-likeness (QED) is 0.589. The minimum atomic E-state index is -0.517. The fourth-order valence-corrected chi connectivity index (χ4v) is 1.82. The molecule has 1 rings (SSSR count). The summed E-state index contributed by atoms with van der Waals surface area (Å²) in [4.78, 5) is 22.3. The van der Waals surface area contributed by atoms with Crippen LogP contribution in [-0.2, 0) is 0 Å². The van der Waals surface area contributed by atoms with Gasteiger partial charge in [-0.25, -0.2) is 0 Å². The number of carbonyl (C=O) groups excluding carboxylic acids is 1. The van der Waals surface area contributed by atoms with Crippen molar-refractivity contribution in [3.8, 4) is 0 Å². The standard InChI is InChI=1S/C13H21N3O4/c1-4-11(17)5-6-14-13(18)12-7-10(16(19)20)8-15(12)9(2)3/h7-9,11,17H,4-6H2,1-3H3,(H,14,18). The molecule has 1 aromatic rings. The summed E-state index contributed by atoms with van der Waals surface area (Å²) < 4.78 is 1.57. The van der Waals surface area contributed by atoms with Crippen molar-refractivity contribution in [2.45, 2.75) is 45.8 Å². The monoisotopic (exact) mass is 283 g/mol. The minimum Gasteiger partial charge on any atom is -0.393 e. The molecule has 0 saturated heterocycles. The maximum Gasteiger partial charge on any atom is 0.287 e. The van der Waals surface area contributed by atoms with Crippen molar-refractivity contribution in [3.05, 3.63) is 28.1 Å². The SMILES string of the molecule is CCC(O)CCNC(=O)c1cc([N+](=O)[O-])cn1C(C)C. The van der Waals surface area contributed by atoms with E-state index in [2.05, 4.69) is 5.32 Å². The van der Waals surface area contributed by atoms with Gasteiger partial charge in [0.1, 0.15) is 5.69 Å². The summed E-state index contributed by atoms with van der Waals surface area (Å²) in [5.74, 6) is -0.366. The molecule has 0 fully saturated rings. The van der Waals surface area contributed by atoms with Crippen molar-refractivity contribution in [2.24, 2.45) is 0 Å². The Morgan fingerprint density at radius 2 is 2.20 bits per heavy atom. The summed E-state index contributed by atoms with van der Waals surface area (Å²) in [7, 11) is 0. The van der Waals surface area contributed by atoms with Crippen molar-refractivity contribution in [1.82, 2.24) is 9.88 Å². The molecule has 0 aromatic carbocycles. The van der Waals surface area contributed by atoms with Gasteiger partial charge in [0.15, 0.2) is 0 Å². The second-order valence-electron chi connectivity index (χ2n) is 4.95. The van der Waals surface area contributed by atoms with Crippen molar-refractivity contribution in [2.75, 3.05) is 6.54 Å². The molecule has 0 aliphatic rings. The van der Waals surface area contributed by atoms with Crippen LogP contribution in [0.1, 0.15) is 50.1 Å². The van der Waals surface area contributed by atoms with Crippen LogP contribution in [0.15, 0.2) is 12.3 Å². The normalized spacial score (nSPS) is 12.4. The summed E-state index contributed by atoms with van der Waals surface area (Å²) in [5, 5.41) is 22.9. The first-order valence-corrected chi connectivity index (χ1v) is 6.69. The number of nitrogens with one attached hydrogen (secondary N) is 1. The maximum atomic E-state index is 12.0. The van der Waals surface area contributed by atoms with Gasteiger partial charge in [0.25, 0.3) is 11.6 Å². The van der Waals surface area contributed by atoms with E-state index < -0.39 is 11.0 Å². The molecule has 0 aliphatic carbocycles. The summed E-state index contributed by atoms with van der Waals surface area (Å²) in [5.41, 5.74) is 0.162. The number of hydrogen-bond acceptors (Lipinski definition) is 4. The fourth-order valence-electron chi connectivity index (χ4n) is 1.82. The van der Waals surface area contributed by atoms with Gasteiger partial charge in [-0.05, 0) is 26.7 Å². The van der Waals surface area contributed by atoms with Crippen molar-refractivity contribution in [3.63, 3.8) is 0 Å². The lowest BCUT2D eigenvalue weighted by Crippen LogP contribution is -2.29. The molecule has 0 radical (unpaired) electrons. The molecule has 1 unspecified atom stereocenters. The molecule has 0 bridgehead atoms. The van der Waals surface area contributed by atoms with Gasteiger partial charge in [0, 0.05) is 18.7 Å². The third kappa shape index (κ3) is 4.06. The number of hydrogen-bond donors (Lipinski definition) is 2. The molecule has 112 valence electrons. The first-order valence-electron chi connectivity index (χ1n) is 6.69. The summed E-state index contributed by atoms with van der Waals surface area (Å²) in [6.07, 6.45) is 2.01. The zero-order valence-corrected chi connectivity index (χ0v) is 12.0. The van der Waals surface area contributed by atoms with Crippen molar-refractivity contribution in [1.29, 1.82) is 0 Å². The second kappa shape index (κ2) is 7.04. The molecular weight excluding hydrogens is 262 g/mol. The fraction of sp³-hybridized carbons (Fsp3) is 0.615. The van der Waals surface area contributed by atoms with Gasteiger partial charge in [-0.2, -0.15) is 0 Å². The van der Waals surface area contributed by atoms with Crippen LogP contribution in [0.3, 0.4) is 0 Å². The molecule has 0 spiro atoms. The lowest BCUT2D eigenvalue weighted by atomic mass is 10.2. The van der Waals surface area contributed by atoms with Gasteiger partial charge >= 0.3 is 0 Å². The first-order chi connectivity index (χ1) is 9.36. The molecule has 7 nitrogen and oxygen atoms in total. The third-order valence-corrected chi connectivity index (χ3v) is 3.07. The van der Waals surface area contributed by atoms with Crippen molar-refractivity contribution < 1.29 is 14.8 Å². The van der Waals surface area contributed by atoms with Crippen LogP contribution in [0.25, 0.3) is 0 Å². The average Bonchev–Trinajstić information content (AvgIpc) is 2.83.